The zero-order valence-corrected chi connectivity index (χ0v) is 19.0. The highest BCUT2D eigenvalue weighted by Crippen LogP contribution is 2.37. The third-order valence-electron chi connectivity index (χ3n) is 4.77. The molecule has 1 N–H and O–H groups in total. The SMILES string of the molecule is C[C@H](NC(=O)C(F)(F)F)c1ccc(C(=O)c2ccc(OC(F)(F)F)cc2Sc2ccccc2F)cc1. The van der Waals surface area contributed by atoms with Gasteiger partial charge in [0.2, 0.25) is 0 Å². The molecule has 1 atom stereocenters. The van der Waals surface area contributed by atoms with Gasteiger partial charge in [0.1, 0.15) is 11.6 Å². The monoisotopic (exact) mass is 531 g/mol. The number of carbonyl (C=O) groups is 2. The molecule has 36 heavy (non-hydrogen) atoms. The fraction of sp³-hybridized carbons (Fsp3) is 0.167. The van der Waals surface area contributed by atoms with Crippen LogP contribution in [-0.2, 0) is 4.79 Å². The molecule has 0 unspecified atom stereocenters. The molecule has 12 heteroatoms. The highest BCUT2D eigenvalue weighted by molar-refractivity contribution is 7.99. The molecule has 0 fully saturated rings. The van der Waals surface area contributed by atoms with Crippen molar-refractivity contribution in [1.82, 2.24) is 5.32 Å². The first kappa shape index (κ1) is 27.1. The fourth-order valence-electron chi connectivity index (χ4n) is 3.06. The standard InChI is InChI=1S/C24H16F7NO3S/c1-13(32-22(34)23(26,27)28)14-6-8-15(9-7-14)21(33)17-11-10-16(35-24(29,30)31)12-20(17)36-19-5-3-2-4-18(19)25/h2-13H,1H3,(H,32,34)/t13-/m0/s1. The summed E-state index contributed by atoms with van der Waals surface area (Å²) in [6, 6.07) is 12.7. The van der Waals surface area contributed by atoms with E-state index in [0.29, 0.717) is 0 Å². The number of ketones is 1. The summed E-state index contributed by atoms with van der Waals surface area (Å²) in [5.74, 6) is -4.01. The Morgan fingerprint density at radius 3 is 2.11 bits per heavy atom. The summed E-state index contributed by atoms with van der Waals surface area (Å²) >= 11 is 0.724. The predicted molar refractivity (Wildman–Crippen MR) is 116 cm³/mol. The molecule has 0 saturated heterocycles. The molecule has 3 rings (SSSR count). The highest BCUT2D eigenvalue weighted by atomic mass is 32.2. The molecular weight excluding hydrogens is 515 g/mol. The van der Waals surface area contributed by atoms with Crippen LogP contribution in [0.25, 0.3) is 0 Å². The quantitative estimate of drug-likeness (QED) is 0.268. The second-order valence-electron chi connectivity index (χ2n) is 7.38. The fourth-order valence-corrected chi connectivity index (χ4v) is 4.05. The van der Waals surface area contributed by atoms with Gasteiger partial charge >= 0.3 is 18.4 Å². The third kappa shape index (κ3) is 7.00. The summed E-state index contributed by atoms with van der Waals surface area (Å²) in [5.41, 5.74) is 0.288. The molecule has 0 aliphatic heterocycles. The van der Waals surface area contributed by atoms with E-state index < -0.39 is 41.8 Å². The van der Waals surface area contributed by atoms with Gasteiger partial charge in [-0.25, -0.2) is 4.39 Å². The molecule has 0 aromatic heterocycles. The van der Waals surface area contributed by atoms with Crippen LogP contribution < -0.4 is 10.1 Å². The van der Waals surface area contributed by atoms with Crippen molar-refractivity contribution < 1.29 is 45.1 Å². The van der Waals surface area contributed by atoms with Crippen LogP contribution in [0, 0.1) is 5.82 Å². The summed E-state index contributed by atoms with van der Waals surface area (Å²) < 4.78 is 93.6. The van der Waals surface area contributed by atoms with Crippen molar-refractivity contribution in [2.75, 3.05) is 0 Å². The largest absolute Gasteiger partial charge is 0.573 e. The van der Waals surface area contributed by atoms with E-state index >= 15 is 0 Å². The van der Waals surface area contributed by atoms with Gasteiger partial charge in [-0.1, -0.05) is 48.2 Å². The summed E-state index contributed by atoms with van der Waals surface area (Å²) in [6.07, 6.45) is -10.0. The van der Waals surface area contributed by atoms with Crippen LogP contribution in [0.5, 0.6) is 5.75 Å². The van der Waals surface area contributed by atoms with Gasteiger partial charge in [0.15, 0.2) is 5.78 Å². The number of halogens is 7. The number of ether oxygens (including phenoxy) is 1. The number of hydrogen-bond acceptors (Lipinski definition) is 4. The maximum absolute atomic E-state index is 14.2. The molecule has 0 saturated carbocycles. The van der Waals surface area contributed by atoms with Crippen molar-refractivity contribution in [3.63, 3.8) is 0 Å². The van der Waals surface area contributed by atoms with Gasteiger partial charge in [0.25, 0.3) is 0 Å². The van der Waals surface area contributed by atoms with Crippen LogP contribution in [0.4, 0.5) is 30.7 Å². The number of amides is 1. The zero-order valence-electron chi connectivity index (χ0n) is 18.2. The van der Waals surface area contributed by atoms with Crippen LogP contribution >= 0.6 is 11.8 Å². The van der Waals surface area contributed by atoms with Gasteiger partial charge in [0, 0.05) is 20.9 Å². The number of carbonyl (C=O) groups excluding carboxylic acids is 2. The normalized spacial score (nSPS) is 12.7. The average Bonchev–Trinajstić information content (AvgIpc) is 2.79. The Morgan fingerprint density at radius 2 is 1.53 bits per heavy atom. The molecule has 0 aliphatic carbocycles. The molecule has 3 aromatic rings. The first-order chi connectivity index (χ1) is 16.7. The van der Waals surface area contributed by atoms with Crippen molar-refractivity contribution in [3.05, 3.63) is 89.2 Å². The maximum atomic E-state index is 14.2. The molecule has 1 amide bonds. The Hall–Kier alpha value is -3.54. The van der Waals surface area contributed by atoms with Gasteiger partial charge in [-0.05, 0) is 42.8 Å². The second kappa shape index (κ2) is 10.6. The van der Waals surface area contributed by atoms with E-state index in [1.807, 2.05) is 0 Å². The first-order valence-corrected chi connectivity index (χ1v) is 10.9. The van der Waals surface area contributed by atoms with E-state index in [1.165, 1.54) is 49.4 Å². The molecule has 190 valence electrons. The lowest BCUT2D eigenvalue weighted by Gasteiger charge is -2.16. The van der Waals surface area contributed by atoms with E-state index in [2.05, 4.69) is 4.74 Å². The lowest BCUT2D eigenvalue weighted by molar-refractivity contribution is -0.274. The van der Waals surface area contributed by atoms with Gasteiger partial charge in [0.05, 0.1) is 6.04 Å². The smallest absolute Gasteiger partial charge is 0.406 e. The molecule has 4 nitrogen and oxygen atoms in total. The molecule has 0 radical (unpaired) electrons. The summed E-state index contributed by atoms with van der Waals surface area (Å²) in [5, 5.41) is 1.79. The average molecular weight is 531 g/mol. The van der Waals surface area contributed by atoms with Gasteiger partial charge in [-0.2, -0.15) is 13.2 Å². The van der Waals surface area contributed by atoms with E-state index in [0.717, 1.165) is 36.0 Å². The number of nitrogens with one attached hydrogen (secondary N) is 1. The highest BCUT2D eigenvalue weighted by Gasteiger charge is 2.39. The Kier molecular flexibility index (Phi) is 7.97. The van der Waals surface area contributed by atoms with Crippen molar-refractivity contribution in [3.8, 4) is 5.75 Å². The Morgan fingerprint density at radius 1 is 0.889 bits per heavy atom. The summed E-state index contributed by atoms with van der Waals surface area (Å²) in [6.45, 7) is 1.32. The van der Waals surface area contributed by atoms with Crippen LogP contribution in [0.2, 0.25) is 0 Å². The minimum atomic E-state index is -5.06. The Bertz CT molecular complexity index is 1260. The Balaban J connectivity index is 1.90. The molecular formula is C24H16F7NO3S. The molecule has 0 bridgehead atoms. The number of alkyl halides is 6. The molecule has 3 aromatic carbocycles. The van der Waals surface area contributed by atoms with E-state index in [1.54, 1.807) is 5.32 Å². The first-order valence-electron chi connectivity index (χ1n) is 10.1. The predicted octanol–water partition coefficient (Wildman–Crippen LogP) is 6.85. The maximum Gasteiger partial charge on any atom is 0.573 e. The van der Waals surface area contributed by atoms with Gasteiger partial charge in [-0.3, -0.25) is 9.59 Å². The zero-order chi connectivity index (χ0) is 26.7. The van der Waals surface area contributed by atoms with Crippen LogP contribution in [0.15, 0.2) is 76.5 Å². The van der Waals surface area contributed by atoms with E-state index in [-0.39, 0.29) is 26.5 Å². The lowest BCUT2D eigenvalue weighted by Crippen LogP contribution is -2.38. The van der Waals surface area contributed by atoms with E-state index in [9.17, 15) is 40.3 Å². The van der Waals surface area contributed by atoms with Crippen molar-refractivity contribution in [2.45, 2.75) is 35.3 Å². The van der Waals surface area contributed by atoms with Gasteiger partial charge < -0.3 is 10.1 Å². The third-order valence-corrected chi connectivity index (χ3v) is 5.87. The van der Waals surface area contributed by atoms with E-state index in [4.69, 9.17) is 0 Å². The number of rotatable bonds is 7. The Labute approximate surface area is 204 Å². The van der Waals surface area contributed by atoms with Crippen LogP contribution in [-0.4, -0.2) is 24.2 Å². The van der Waals surface area contributed by atoms with Crippen LogP contribution in [0.3, 0.4) is 0 Å². The summed E-state index contributed by atoms with van der Waals surface area (Å²) in [4.78, 5) is 24.3. The number of hydrogen-bond donors (Lipinski definition) is 1. The second-order valence-corrected chi connectivity index (χ2v) is 8.47. The van der Waals surface area contributed by atoms with Crippen molar-refractivity contribution in [1.29, 1.82) is 0 Å². The molecule has 0 heterocycles. The van der Waals surface area contributed by atoms with Crippen LogP contribution in [0.1, 0.15) is 34.5 Å². The van der Waals surface area contributed by atoms with Crippen molar-refractivity contribution in [2.24, 2.45) is 0 Å². The summed E-state index contributed by atoms with van der Waals surface area (Å²) in [7, 11) is 0. The van der Waals surface area contributed by atoms with Gasteiger partial charge in [-0.15, -0.1) is 13.2 Å². The topological polar surface area (TPSA) is 55.4 Å². The van der Waals surface area contributed by atoms with Crippen molar-refractivity contribution >= 4 is 23.5 Å². The molecule has 0 spiro atoms. The lowest BCUT2D eigenvalue weighted by atomic mass is 10.00. The number of benzene rings is 3. The molecule has 0 aliphatic rings. The minimum absolute atomic E-state index is 0.0123. The minimum Gasteiger partial charge on any atom is -0.406 e.